The number of aromatic nitrogens is 4. The molecule has 28 heavy (non-hydrogen) atoms. The van der Waals surface area contributed by atoms with Crippen molar-refractivity contribution in [3.05, 3.63) is 75.7 Å². The molecule has 0 bridgehead atoms. The standard InChI is InChI=1S/C16H16Cl2N4O4S2/c17-5-7-21-13(23)19(15(25)27-21)9-11-1-2-12(4-3-11)10-20-14(24)22(8-6-18)28-16(20)26/h1-4H,5-10H2. The van der Waals surface area contributed by atoms with Gasteiger partial charge in [-0.2, -0.15) is 0 Å². The van der Waals surface area contributed by atoms with Gasteiger partial charge in [-0.05, 0) is 11.1 Å². The van der Waals surface area contributed by atoms with Gasteiger partial charge in [-0.25, -0.2) is 26.6 Å². The Kier molecular flexibility index (Phi) is 6.76. The van der Waals surface area contributed by atoms with Crippen LogP contribution in [-0.4, -0.2) is 28.8 Å². The average Bonchev–Trinajstić information content (AvgIpc) is 3.08. The lowest BCUT2D eigenvalue weighted by Crippen LogP contribution is -2.30. The molecule has 2 aromatic heterocycles. The first-order valence-electron chi connectivity index (χ1n) is 8.26. The van der Waals surface area contributed by atoms with Crippen molar-refractivity contribution in [1.29, 1.82) is 0 Å². The van der Waals surface area contributed by atoms with Crippen molar-refractivity contribution in [2.24, 2.45) is 0 Å². The molecular weight excluding hydrogens is 447 g/mol. The molecule has 0 fully saturated rings. The third kappa shape index (κ3) is 4.40. The summed E-state index contributed by atoms with van der Waals surface area (Å²) in [7, 11) is 0. The van der Waals surface area contributed by atoms with Gasteiger partial charge < -0.3 is 0 Å². The summed E-state index contributed by atoms with van der Waals surface area (Å²) in [5.74, 6) is 0.506. The molecule has 0 atom stereocenters. The summed E-state index contributed by atoms with van der Waals surface area (Å²) < 4.78 is 4.97. The van der Waals surface area contributed by atoms with Crippen LogP contribution in [-0.2, 0) is 26.2 Å². The fraction of sp³-hybridized carbons (Fsp3) is 0.375. The Morgan fingerprint density at radius 1 is 0.679 bits per heavy atom. The minimum absolute atomic E-state index is 0.144. The van der Waals surface area contributed by atoms with Gasteiger partial charge in [0.15, 0.2) is 0 Å². The van der Waals surface area contributed by atoms with Crippen LogP contribution in [0.5, 0.6) is 0 Å². The number of hydrogen-bond acceptors (Lipinski definition) is 6. The maximum atomic E-state index is 12.2. The Balaban J connectivity index is 1.78. The van der Waals surface area contributed by atoms with E-state index in [2.05, 4.69) is 0 Å². The molecule has 0 saturated carbocycles. The summed E-state index contributed by atoms with van der Waals surface area (Å²) in [5, 5.41) is 0. The lowest BCUT2D eigenvalue weighted by molar-refractivity contribution is 0.671. The predicted octanol–water partition coefficient (Wildman–Crippen LogP) is 1.03. The molecule has 12 heteroatoms. The highest BCUT2D eigenvalue weighted by molar-refractivity contribution is 7.03. The van der Waals surface area contributed by atoms with Gasteiger partial charge >= 0.3 is 21.1 Å². The molecule has 0 saturated heterocycles. The summed E-state index contributed by atoms with van der Waals surface area (Å²) in [4.78, 5) is 47.8. The van der Waals surface area contributed by atoms with E-state index in [1.54, 1.807) is 24.3 Å². The SMILES string of the molecule is O=c1sn(CCCl)c(=O)n1Cc1ccc(Cn2c(=O)sn(CCCl)c2=O)cc1. The van der Waals surface area contributed by atoms with Crippen molar-refractivity contribution >= 4 is 46.3 Å². The number of nitrogens with zero attached hydrogens (tertiary/aromatic N) is 4. The monoisotopic (exact) mass is 462 g/mol. The van der Waals surface area contributed by atoms with E-state index in [-0.39, 0.29) is 46.0 Å². The molecule has 0 aliphatic heterocycles. The Hall–Kier alpha value is -1.88. The second-order valence-corrected chi connectivity index (χ2v) is 8.55. The first-order chi connectivity index (χ1) is 13.4. The summed E-state index contributed by atoms with van der Waals surface area (Å²) in [6, 6.07) is 7.05. The molecule has 0 spiro atoms. The predicted molar refractivity (Wildman–Crippen MR) is 112 cm³/mol. The van der Waals surface area contributed by atoms with Gasteiger partial charge in [0.1, 0.15) is 0 Å². The molecule has 0 amide bonds. The topological polar surface area (TPSA) is 88.0 Å². The van der Waals surface area contributed by atoms with Gasteiger partial charge in [0, 0.05) is 34.8 Å². The van der Waals surface area contributed by atoms with Crippen molar-refractivity contribution < 1.29 is 0 Å². The van der Waals surface area contributed by atoms with E-state index in [0.717, 1.165) is 43.3 Å². The molecular formula is C16H16Cl2N4O4S2. The normalized spacial score (nSPS) is 11.2. The highest BCUT2D eigenvalue weighted by atomic mass is 35.5. The smallest absolute Gasteiger partial charge is 0.255 e. The fourth-order valence-electron chi connectivity index (χ4n) is 2.61. The zero-order chi connectivity index (χ0) is 20.3. The third-order valence-electron chi connectivity index (χ3n) is 3.99. The largest absolute Gasteiger partial charge is 0.341 e. The molecule has 1 aromatic carbocycles. The van der Waals surface area contributed by atoms with Crippen LogP contribution in [0.1, 0.15) is 11.1 Å². The second-order valence-electron chi connectivity index (χ2n) is 5.85. The van der Waals surface area contributed by atoms with Crippen LogP contribution in [0.15, 0.2) is 43.4 Å². The number of benzene rings is 1. The zero-order valence-corrected chi connectivity index (χ0v) is 17.7. The van der Waals surface area contributed by atoms with Crippen LogP contribution in [0, 0.1) is 0 Å². The summed E-state index contributed by atoms with van der Waals surface area (Å²) >= 11 is 13.0. The van der Waals surface area contributed by atoms with E-state index in [9.17, 15) is 19.2 Å². The van der Waals surface area contributed by atoms with Crippen LogP contribution < -0.4 is 21.1 Å². The van der Waals surface area contributed by atoms with Gasteiger partial charge in [0.25, 0.3) is 0 Å². The molecule has 0 N–H and O–H groups in total. The highest BCUT2D eigenvalue weighted by Crippen LogP contribution is 2.07. The van der Waals surface area contributed by atoms with Crippen molar-refractivity contribution in [3.63, 3.8) is 0 Å². The van der Waals surface area contributed by atoms with Crippen LogP contribution >= 0.6 is 46.3 Å². The van der Waals surface area contributed by atoms with Gasteiger partial charge in [-0.15, -0.1) is 23.2 Å². The van der Waals surface area contributed by atoms with Crippen LogP contribution in [0.3, 0.4) is 0 Å². The first kappa shape index (κ1) is 20.8. The van der Waals surface area contributed by atoms with Crippen molar-refractivity contribution in [2.75, 3.05) is 11.8 Å². The number of hydrogen-bond donors (Lipinski definition) is 0. The minimum Gasteiger partial charge on any atom is -0.255 e. The number of halogens is 2. The lowest BCUT2D eigenvalue weighted by atomic mass is 10.1. The first-order valence-corrected chi connectivity index (χ1v) is 10.9. The minimum atomic E-state index is -0.385. The maximum Gasteiger partial charge on any atom is 0.341 e. The Morgan fingerprint density at radius 2 is 1.04 bits per heavy atom. The van der Waals surface area contributed by atoms with E-state index in [1.165, 1.54) is 7.91 Å². The maximum absolute atomic E-state index is 12.2. The highest BCUT2D eigenvalue weighted by Gasteiger charge is 2.12. The number of alkyl halides is 2. The molecule has 3 rings (SSSR count). The van der Waals surface area contributed by atoms with E-state index < -0.39 is 0 Å². The molecule has 8 nitrogen and oxygen atoms in total. The van der Waals surface area contributed by atoms with Gasteiger partial charge in [0.2, 0.25) is 0 Å². The summed E-state index contributed by atoms with van der Waals surface area (Å²) in [6.45, 7) is 0.876. The van der Waals surface area contributed by atoms with Crippen LogP contribution in [0.25, 0.3) is 0 Å². The quantitative estimate of drug-likeness (QED) is 0.467. The molecule has 0 radical (unpaired) electrons. The van der Waals surface area contributed by atoms with Gasteiger partial charge in [-0.3, -0.25) is 9.59 Å². The average molecular weight is 463 g/mol. The van der Waals surface area contributed by atoms with Crippen LogP contribution in [0.4, 0.5) is 0 Å². The summed E-state index contributed by atoms with van der Waals surface area (Å²) in [6.07, 6.45) is 0. The van der Waals surface area contributed by atoms with Gasteiger partial charge in [-0.1, -0.05) is 24.3 Å². The van der Waals surface area contributed by atoms with Gasteiger partial charge in [0.05, 0.1) is 26.2 Å². The van der Waals surface area contributed by atoms with E-state index in [4.69, 9.17) is 23.2 Å². The van der Waals surface area contributed by atoms with Crippen molar-refractivity contribution in [2.45, 2.75) is 26.2 Å². The zero-order valence-electron chi connectivity index (χ0n) is 14.5. The molecule has 2 heterocycles. The number of rotatable bonds is 8. The van der Waals surface area contributed by atoms with Crippen molar-refractivity contribution in [3.8, 4) is 0 Å². The van der Waals surface area contributed by atoms with Crippen LogP contribution in [0.2, 0.25) is 0 Å². The Morgan fingerprint density at radius 3 is 1.36 bits per heavy atom. The van der Waals surface area contributed by atoms with Crippen molar-refractivity contribution in [1.82, 2.24) is 17.0 Å². The Bertz CT molecular complexity index is 1090. The Labute approximate surface area is 176 Å². The van der Waals surface area contributed by atoms with E-state index >= 15 is 0 Å². The van der Waals surface area contributed by atoms with E-state index in [0.29, 0.717) is 13.1 Å². The molecule has 0 aliphatic rings. The fourth-order valence-corrected chi connectivity index (χ4v) is 4.72. The molecule has 3 aromatic rings. The summed E-state index contributed by atoms with van der Waals surface area (Å²) in [5.41, 5.74) is 0.751. The third-order valence-corrected chi connectivity index (χ3v) is 6.19. The number of aryl methyl sites for hydroxylation is 2. The molecule has 0 aliphatic carbocycles. The second kappa shape index (κ2) is 9.08. The molecule has 150 valence electrons. The van der Waals surface area contributed by atoms with E-state index in [1.807, 2.05) is 0 Å². The molecule has 0 unspecified atom stereocenters. The lowest BCUT2D eigenvalue weighted by Gasteiger charge is -2.04.